The van der Waals surface area contributed by atoms with Gasteiger partial charge in [0.15, 0.2) is 0 Å². The Morgan fingerprint density at radius 1 is 0.750 bits per heavy atom. The van der Waals surface area contributed by atoms with Crippen LogP contribution < -0.4 is 21.3 Å². The molecule has 0 aliphatic carbocycles. The largest absolute Gasteiger partial charge is 0.326 e. The summed E-state index contributed by atoms with van der Waals surface area (Å²) in [6, 6.07) is 26.4. The van der Waals surface area contributed by atoms with Crippen molar-refractivity contribution in [1.29, 1.82) is 0 Å². The van der Waals surface area contributed by atoms with Crippen LogP contribution in [0.4, 0.5) is 17.1 Å². The maximum absolute atomic E-state index is 13.1. The Balaban J connectivity index is 1.32. The zero-order valence-electron chi connectivity index (χ0n) is 21.5. The predicted molar refractivity (Wildman–Crippen MR) is 161 cm³/mol. The molecule has 1 aromatic heterocycles. The molecule has 1 heterocycles. The predicted octanol–water partition coefficient (Wildman–Crippen LogP) is 5.85. The van der Waals surface area contributed by atoms with Gasteiger partial charge in [-0.25, -0.2) is 0 Å². The Hall–Kier alpha value is -4.67. The molecule has 4 N–H and O–H groups in total. The van der Waals surface area contributed by atoms with Gasteiger partial charge >= 0.3 is 0 Å². The van der Waals surface area contributed by atoms with Crippen LogP contribution in [0.25, 0.3) is 6.08 Å². The second-order valence-corrected chi connectivity index (χ2v) is 10.5. The topological polar surface area (TPSA) is 116 Å². The number of carbonyl (C=O) groups excluding carboxylic acids is 4. The van der Waals surface area contributed by atoms with Crippen molar-refractivity contribution in [3.8, 4) is 0 Å². The molecule has 0 spiro atoms. The van der Waals surface area contributed by atoms with E-state index >= 15 is 0 Å². The zero-order valence-corrected chi connectivity index (χ0v) is 23.1. The van der Waals surface area contributed by atoms with Gasteiger partial charge in [0.2, 0.25) is 11.8 Å². The van der Waals surface area contributed by atoms with Gasteiger partial charge < -0.3 is 21.3 Å². The fourth-order valence-electron chi connectivity index (χ4n) is 3.48. The number of carbonyl (C=O) groups is 4. The average molecular weight is 571 g/mol. The standard InChI is InChI=1S/C30H26N4O4S2/c1-20(35)31-22-9-11-23(12-10-22)32-28(36)19-40-25-15-13-24(14-16-25)33-30(38)27(18-26-8-5-17-39-26)34-29(37)21-6-3-2-4-7-21/h2-18H,19H2,1H3,(H,31,35)(H,32,36)(H,33,38)(H,34,37)/b27-18-. The van der Waals surface area contributed by atoms with Crippen molar-refractivity contribution >= 4 is 69.9 Å². The van der Waals surface area contributed by atoms with Crippen molar-refractivity contribution in [3.05, 3.63) is 113 Å². The molecule has 0 aliphatic rings. The van der Waals surface area contributed by atoms with E-state index in [2.05, 4.69) is 21.3 Å². The van der Waals surface area contributed by atoms with E-state index in [0.717, 1.165) is 9.77 Å². The van der Waals surface area contributed by atoms with Gasteiger partial charge in [-0.1, -0.05) is 24.3 Å². The van der Waals surface area contributed by atoms with E-state index in [1.165, 1.54) is 30.0 Å². The maximum atomic E-state index is 13.1. The SMILES string of the molecule is CC(=O)Nc1ccc(NC(=O)CSc2ccc(NC(=O)/C(=C/c3cccs3)NC(=O)c3ccccc3)cc2)cc1. The second-order valence-electron chi connectivity index (χ2n) is 8.47. The van der Waals surface area contributed by atoms with Gasteiger partial charge in [-0.15, -0.1) is 23.1 Å². The lowest BCUT2D eigenvalue weighted by atomic mass is 10.2. The normalized spacial score (nSPS) is 10.9. The minimum atomic E-state index is -0.456. The Morgan fingerprint density at radius 3 is 2.00 bits per heavy atom. The zero-order chi connectivity index (χ0) is 28.3. The fourth-order valence-corrected chi connectivity index (χ4v) is 4.83. The van der Waals surface area contributed by atoms with Crippen LogP contribution in [0.3, 0.4) is 0 Å². The summed E-state index contributed by atoms with van der Waals surface area (Å²) in [6.45, 7) is 1.43. The number of hydrogen-bond acceptors (Lipinski definition) is 6. The van der Waals surface area contributed by atoms with E-state index in [1.807, 2.05) is 23.6 Å². The van der Waals surface area contributed by atoms with Crippen molar-refractivity contribution in [3.63, 3.8) is 0 Å². The molecule has 0 aliphatic heterocycles. The maximum Gasteiger partial charge on any atom is 0.272 e. The third-order valence-electron chi connectivity index (χ3n) is 5.33. The van der Waals surface area contributed by atoms with Crippen molar-refractivity contribution in [2.45, 2.75) is 11.8 Å². The molecular formula is C30H26N4O4S2. The minimum Gasteiger partial charge on any atom is -0.326 e. The molecular weight excluding hydrogens is 544 g/mol. The first-order valence-electron chi connectivity index (χ1n) is 12.2. The number of anilines is 3. The number of thiophene rings is 1. The molecule has 0 fully saturated rings. The molecule has 0 radical (unpaired) electrons. The van der Waals surface area contributed by atoms with Crippen molar-refractivity contribution in [1.82, 2.24) is 5.32 Å². The lowest BCUT2D eigenvalue weighted by Crippen LogP contribution is -2.30. The van der Waals surface area contributed by atoms with Crippen LogP contribution in [0.5, 0.6) is 0 Å². The molecule has 8 nitrogen and oxygen atoms in total. The first-order valence-corrected chi connectivity index (χ1v) is 14.1. The van der Waals surface area contributed by atoms with Crippen LogP contribution in [-0.4, -0.2) is 29.4 Å². The van der Waals surface area contributed by atoms with E-state index in [0.29, 0.717) is 22.6 Å². The van der Waals surface area contributed by atoms with E-state index in [4.69, 9.17) is 0 Å². The number of hydrogen-bond donors (Lipinski definition) is 4. The Morgan fingerprint density at radius 2 is 1.38 bits per heavy atom. The fraction of sp³-hybridized carbons (Fsp3) is 0.0667. The summed E-state index contributed by atoms with van der Waals surface area (Å²) in [7, 11) is 0. The van der Waals surface area contributed by atoms with Crippen LogP contribution in [0.15, 0.2) is 107 Å². The highest BCUT2D eigenvalue weighted by molar-refractivity contribution is 8.00. The summed E-state index contributed by atoms with van der Waals surface area (Å²) in [5.41, 5.74) is 2.39. The molecule has 0 atom stereocenters. The number of thioether (sulfide) groups is 1. The van der Waals surface area contributed by atoms with Crippen LogP contribution >= 0.6 is 23.1 Å². The number of benzene rings is 3. The van der Waals surface area contributed by atoms with Crippen LogP contribution in [0, 0.1) is 0 Å². The van der Waals surface area contributed by atoms with Crippen LogP contribution in [-0.2, 0) is 14.4 Å². The molecule has 0 bridgehead atoms. The van der Waals surface area contributed by atoms with Gasteiger partial charge in [0.05, 0.1) is 5.75 Å². The summed E-state index contributed by atoms with van der Waals surface area (Å²) in [5, 5.41) is 12.9. The molecule has 0 saturated heterocycles. The van der Waals surface area contributed by atoms with E-state index < -0.39 is 5.91 Å². The lowest BCUT2D eigenvalue weighted by molar-refractivity contribution is -0.114. The van der Waals surface area contributed by atoms with Gasteiger partial charge in [0, 0.05) is 39.3 Å². The molecule has 4 amide bonds. The summed E-state index contributed by atoms with van der Waals surface area (Å²) in [6.07, 6.45) is 1.64. The van der Waals surface area contributed by atoms with Gasteiger partial charge in [-0.05, 0) is 78.2 Å². The summed E-state index contributed by atoms with van der Waals surface area (Å²) in [4.78, 5) is 50.9. The molecule has 202 valence electrons. The monoisotopic (exact) mass is 570 g/mol. The third-order valence-corrected chi connectivity index (χ3v) is 7.16. The molecule has 4 rings (SSSR count). The first-order chi connectivity index (χ1) is 19.4. The van der Waals surface area contributed by atoms with E-state index in [-0.39, 0.29) is 29.2 Å². The highest BCUT2D eigenvalue weighted by atomic mass is 32.2. The van der Waals surface area contributed by atoms with Crippen molar-refractivity contribution in [2.24, 2.45) is 0 Å². The van der Waals surface area contributed by atoms with Gasteiger partial charge in [-0.2, -0.15) is 0 Å². The van der Waals surface area contributed by atoms with Crippen LogP contribution in [0.1, 0.15) is 22.2 Å². The smallest absolute Gasteiger partial charge is 0.272 e. The van der Waals surface area contributed by atoms with Crippen molar-refractivity contribution in [2.75, 3.05) is 21.7 Å². The molecule has 0 unspecified atom stereocenters. The van der Waals surface area contributed by atoms with Crippen LogP contribution in [0.2, 0.25) is 0 Å². The molecule has 10 heteroatoms. The quantitative estimate of drug-likeness (QED) is 0.141. The molecule has 40 heavy (non-hydrogen) atoms. The minimum absolute atomic E-state index is 0.122. The highest BCUT2D eigenvalue weighted by Crippen LogP contribution is 2.22. The van der Waals surface area contributed by atoms with Gasteiger partial charge in [0.25, 0.3) is 11.8 Å². The Labute approximate surface area is 239 Å². The lowest BCUT2D eigenvalue weighted by Gasteiger charge is -2.11. The summed E-state index contributed by atoms with van der Waals surface area (Å²) >= 11 is 2.81. The third kappa shape index (κ3) is 8.69. The molecule has 3 aromatic carbocycles. The average Bonchev–Trinajstić information content (AvgIpc) is 3.47. The number of rotatable bonds is 10. The second kappa shape index (κ2) is 13.9. The van der Waals surface area contributed by atoms with Crippen molar-refractivity contribution < 1.29 is 19.2 Å². The Kier molecular flexibility index (Phi) is 9.87. The molecule has 0 saturated carbocycles. The van der Waals surface area contributed by atoms with E-state index in [1.54, 1.807) is 78.9 Å². The van der Waals surface area contributed by atoms with E-state index in [9.17, 15) is 19.2 Å². The first kappa shape index (κ1) is 28.3. The van der Waals surface area contributed by atoms with Gasteiger partial charge in [0.1, 0.15) is 5.70 Å². The number of amides is 4. The summed E-state index contributed by atoms with van der Waals surface area (Å²) < 4.78 is 0. The van der Waals surface area contributed by atoms with Gasteiger partial charge in [-0.3, -0.25) is 19.2 Å². The molecule has 4 aromatic rings. The Bertz CT molecular complexity index is 1500. The summed E-state index contributed by atoms with van der Waals surface area (Å²) in [5.74, 6) is -0.983. The highest BCUT2D eigenvalue weighted by Gasteiger charge is 2.15. The number of nitrogens with one attached hydrogen (secondary N) is 4.